The second-order valence-corrected chi connectivity index (χ2v) is 4.77. The van der Waals surface area contributed by atoms with Crippen molar-refractivity contribution in [2.75, 3.05) is 12.4 Å². The van der Waals surface area contributed by atoms with Gasteiger partial charge in [0.15, 0.2) is 0 Å². The molecule has 6 heteroatoms. The van der Waals surface area contributed by atoms with Crippen LogP contribution in [0.15, 0.2) is 48.5 Å². The molecule has 1 heterocycles. The van der Waals surface area contributed by atoms with Gasteiger partial charge in [0.25, 0.3) is 0 Å². The van der Waals surface area contributed by atoms with Gasteiger partial charge in [-0.25, -0.2) is 4.79 Å². The molecule has 0 saturated carbocycles. The highest BCUT2D eigenvalue weighted by molar-refractivity contribution is 6.05. The summed E-state index contributed by atoms with van der Waals surface area (Å²) < 4.78 is 9.94. The number of anilines is 1. The zero-order chi connectivity index (χ0) is 15.7. The first-order chi connectivity index (χ1) is 10.5. The first-order valence-corrected chi connectivity index (χ1v) is 6.55. The number of fused-ring (bicyclic) bond motifs is 1. The maximum absolute atomic E-state index is 12.4. The number of hydrogen-bond donors (Lipinski definition) is 2. The van der Waals surface area contributed by atoms with Gasteiger partial charge in [0.2, 0.25) is 0 Å². The van der Waals surface area contributed by atoms with E-state index in [1.54, 1.807) is 36.4 Å². The van der Waals surface area contributed by atoms with Gasteiger partial charge in [0.1, 0.15) is 5.75 Å². The Morgan fingerprint density at radius 1 is 1.23 bits per heavy atom. The third-order valence-corrected chi connectivity index (χ3v) is 3.39. The van der Waals surface area contributed by atoms with Crippen molar-refractivity contribution in [2.45, 2.75) is 5.79 Å². The van der Waals surface area contributed by atoms with E-state index in [0.717, 1.165) is 0 Å². The summed E-state index contributed by atoms with van der Waals surface area (Å²) in [7, 11) is 1.50. The number of hydrogen-bond acceptors (Lipinski definition) is 5. The van der Waals surface area contributed by atoms with Crippen molar-refractivity contribution >= 4 is 17.6 Å². The Balaban J connectivity index is 1.90. The maximum Gasteiger partial charge on any atom is 0.341 e. The third kappa shape index (κ3) is 2.19. The van der Waals surface area contributed by atoms with Gasteiger partial charge in [-0.2, -0.15) is 0 Å². The lowest BCUT2D eigenvalue weighted by molar-refractivity contribution is -0.180. The molecule has 1 aliphatic rings. The van der Waals surface area contributed by atoms with Gasteiger partial charge in [0, 0.05) is 17.3 Å². The van der Waals surface area contributed by atoms with Crippen LogP contribution in [0.5, 0.6) is 5.75 Å². The summed E-state index contributed by atoms with van der Waals surface area (Å²) in [5.74, 6) is -3.37. The molecule has 2 aromatic carbocycles. The van der Waals surface area contributed by atoms with E-state index < -0.39 is 17.7 Å². The summed E-state index contributed by atoms with van der Waals surface area (Å²) >= 11 is 0. The van der Waals surface area contributed by atoms with E-state index in [4.69, 9.17) is 9.47 Å². The number of methoxy groups -OCH3 is 1. The van der Waals surface area contributed by atoms with Crippen LogP contribution >= 0.6 is 0 Å². The highest BCUT2D eigenvalue weighted by Crippen LogP contribution is 2.35. The van der Waals surface area contributed by atoms with Crippen LogP contribution in [0.3, 0.4) is 0 Å². The van der Waals surface area contributed by atoms with Crippen LogP contribution in [0.4, 0.5) is 5.69 Å². The summed E-state index contributed by atoms with van der Waals surface area (Å²) in [6, 6.07) is 12.8. The smallest absolute Gasteiger partial charge is 0.341 e. The molecule has 0 spiro atoms. The number of carbonyl (C=O) groups excluding carboxylic acids is 2. The number of ether oxygens (including phenoxy) is 2. The fourth-order valence-electron chi connectivity index (χ4n) is 2.29. The van der Waals surface area contributed by atoms with Crippen molar-refractivity contribution in [3.8, 4) is 5.75 Å². The lowest BCUT2D eigenvalue weighted by Crippen LogP contribution is -2.40. The number of cyclic esters (lactones) is 1. The number of amides is 1. The van der Waals surface area contributed by atoms with Crippen LogP contribution in [0.2, 0.25) is 0 Å². The molecule has 0 fully saturated rings. The molecule has 6 nitrogen and oxygen atoms in total. The molecule has 1 atom stereocenters. The molecule has 0 aliphatic carbocycles. The second-order valence-electron chi connectivity index (χ2n) is 4.77. The fraction of sp³-hybridized carbons (Fsp3) is 0.125. The quantitative estimate of drug-likeness (QED) is 0.842. The van der Waals surface area contributed by atoms with Crippen molar-refractivity contribution in [3.63, 3.8) is 0 Å². The summed E-state index contributed by atoms with van der Waals surface area (Å²) in [5.41, 5.74) is 0.712. The van der Waals surface area contributed by atoms with Crippen molar-refractivity contribution < 1.29 is 24.2 Å². The van der Waals surface area contributed by atoms with E-state index in [0.29, 0.717) is 11.4 Å². The highest BCUT2D eigenvalue weighted by atomic mass is 16.7. The maximum atomic E-state index is 12.4. The Morgan fingerprint density at radius 2 is 2.00 bits per heavy atom. The molecule has 1 unspecified atom stereocenters. The number of rotatable bonds is 3. The van der Waals surface area contributed by atoms with Gasteiger partial charge >= 0.3 is 17.7 Å². The normalized spacial score (nSPS) is 19.3. The van der Waals surface area contributed by atoms with Gasteiger partial charge in [0.05, 0.1) is 12.7 Å². The Kier molecular flexibility index (Phi) is 3.30. The predicted octanol–water partition coefficient (Wildman–Crippen LogP) is 1.65. The molecule has 1 aliphatic heterocycles. The zero-order valence-corrected chi connectivity index (χ0v) is 11.7. The lowest BCUT2D eigenvalue weighted by Gasteiger charge is -2.21. The van der Waals surface area contributed by atoms with Gasteiger partial charge in [-0.05, 0) is 18.2 Å². The van der Waals surface area contributed by atoms with Crippen LogP contribution in [0.25, 0.3) is 0 Å². The molecule has 2 aromatic rings. The van der Waals surface area contributed by atoms with Crippen molar-refractivity contribution in [3.05, 3.63) is 59.7 Å². The molecule has 112 valence electrons. The van der Waals surface area contributed by atoms with Gasteiger partial charge in [-0.3, -0.25) is 4.79 Å². The standard InChI is InChI=1S/C16H13NO5/c1-21-11-6-4-5-10(9-11)17-15(19)16(20)13-8-3-2-7-12(13)14(18)22-16/h2-9,20H,1H3,(H,17,19). The lowest BCUT2D eigenvalue weighted by atomic mass is 10.0. The number of benzene rings is 2. The average molecular weight is 299 g/mol. The predicted molar refractivity (Wildman–Crippen MR) is 77.4 cm³/mol. The van der Waals surface area contributed by atoms with E-state index >= 15 is 0 Å². The molecule has 0 radical (unpaired) electrons. The SMILES string of the molecule is COc1cccc(NC(=O)C2(O)OC(=O)c3ccccc32)c1. The fourth-order valence-corrected chi connectivity index (χ4v) is 2.29. The third-order valence-electron chi connectivity index (χ3n) is 3.39. The average Bonchev–Trinajstić information content (AvgIpc) is 2.80. The largest absolute Gasteiger partial charge is 0.497 e. The van der Waals surface area contributed by atoms with Crippen molar-refractivity contribution in [1.29, 1.82) is 0 Å². The number of aliphatic hydroxyl groups is 1. The molecular weight excluding hydrogens is 286 g/mol. The zero-order valence-electron chi connectivity index (χ0n) is 11.7. The molecule has 0 saturated heterocycles. The molecular formula is C16H13NO5. The Bertz CT molecular complexity index is 758. The number of esters is 1. The second kappa shape index (κ2) is 5.16. The summed E-state index contributed by atoms with van der Waals surface area (Å²) in [6.07, 6.45) is 0. The van der Waals surface area contributed by atoms with E-state index in [1.807, 2.05) is 0 Å². The highest BCUT2D eigenvalue weighted by Gasteiger charge is 2.50. The number of carbonyl (C=O) groups is 2. The van der Waals surface area contributed by atoms with Crippen LogP contribution in [-0.4, -0.2) is 24.1 Å². The molecule has 1 amide bonds. The summed E-state index contributed by atoms with van der Waals surface area (Å²) in [6.45, 7) is 0. The van der Waals surface area contributed by atoms with Gasteiger partial charge in [-0.15, -0.1) is 0 Å². The van der Waals surface area contributed by atoms with Crippen LogP contribution in [0.1, 0.15) is 15.9 Å². The minimum atomic E-state index is -2.34. The molecule has 3 rings (SSSR count). The van der Waals surface area contributed by atoms with Crippen LogP contribution < -0.4 is 10.1 Å². The molecule has 22 heavy (non-hydrogen) atoms. The first kappa shape index (κ1) is 14.1. The molecule has 0 aromatic heterocycles. The topological polar surface area (TPSA) is 84.9 Å². The Hall–Kier alpha value is -2.86. The van der Waals surface area contributed by atoms with E-state index in [-0.39, 0.29) is 11.1 Å². The molecule has 2 N–H and O–H groups in total. The summed E-state index contributed by atoms with van der Waals surface area (Å²) in [4.78, 5) is 24.1. The van der Waals surface area contributed by atoms with Crippen LogP contribution in [-0.2, 0) is 15.3 Å². The van der Waals surface area contributed by atoms with E-state index in [1.165, 1.54) is 19.2 Å². The van der Waals surface area contributed by atoms with Crippen molar-refractivity contribution in [2.24, 2.45) is 0 Å². The Labute approximate surface area is 126 Å². The van der Waals surface area contributed by atoms with Crippen LogP contribution in [0, 0.1) is 0 Å². The summed E-state index contributed by atoms with van der Waals surface area (Å²) in [5, 5.41) is 13.0. The molecule has 0 bridgehead atoms. The van der Waals surface area contributed by atoms with E-state index in [2.05, 4.69) is 5.32 Å². The minimum absolute atomic E-state index is 0.125. The van der Waals surface area contributed by atoms with E-state index in [9.17, 15) is 14.7 Å². The van der Waals surface area contributed by atoms with Crippen molar-refractivity contribution in [1.82, 2.24) is 0 Å². The van der Waals surface area contributed by atoms with Gasteiger partial charge < -0.3 is 19.9 Å². The Morgan fingerprint density at radius 3 is 2.77 bits per heavy atom. The first-order valence-electron chi connectivity index (χ1n) is 6.55. The number of nitrogens with one attached hydrogen (secondary N) is 1. The van der Waals surface area contributed by atoms with Gasteiger partial charge in [-0.1, -0.05) is 24.3 Å². The minimum Gasteiger partial charge on any atom is -0.497 e. The monoisotopic (exact) mass is 299 g/mol.